The summed E-state index contributed by atoms with van der Waals surface area (Å²) in [5.74, 6) is -1.90. The third kappa shape index (κ3) is 7.79. The van der Waals surface area contributed by atoms with Crippen molar-refractivity contribution >= 4 is 21.2 Å². The molecule has 0 heterocycles. The number of carboxylic acids is 1. The lowest BCUT2D eigenvalue weighted by Crippen LogP contribution is -2.46. The second-order valence-corrected chi connectivity index (χ2v) is 7.59. The van der Waals surface area contributed by atoms with Gasteiger partial charge in [0.25, 0.3) is 0 Å². The van der Waals surface area contributed by atoms with E-state index in [4.69, 9.17) is 24.7 Å². The fourth-order valence-electron chi connectivity index (χ4n) is 1.68. The van der Waals surface area contributed by atoms with Crippen LogP contribution in [0.5, 0.6) is 0 Å². The Labute approximate surface area is 110 Å². The largest absolute Gasteiger partial charge is 0.480 e. The molecule has 5 N–H and O–H groups in total. The van der Waals surface area contributed by atoms with Crippen molar-refractivity contribution < 1.29 is 38.6 Å². The van der Waals surface area contributed by atoms with Crippen LogP contribution in [0.2, 0.25) is 0 Å². The molecule has 0 fully saturated rings. The van der Waals surface area contributed by atoms with Gasteiger partial charge in [0.15, 0.2) is 0 Å². The van der Waals surface area contributed by atoms with E-state index in [1.165, 1.54) is 6.92 Å². The Balaban J connectivity index is 5.33. The Morgan fingerprint density at radius 3 is 1.68 bits per heavy atom. The highest BCUT2D eigenvalue weighted by atomic mass is 31.2. The lowest BCUT2D eigenvalue weighted by Gasteiger charge is -2.32. The first-order chi connectivity index (χ1) is 8.37. The molecule has 19 heavy (non-hydrogen) atoms. The summed E-state index contributed by atoms with van der Waals surface area (Å²) in [6, 6.07) is -1.37. The summed E-state index contributed by atoms with van der Waals surface area (Å²) in [6.45, 7) is 3.21. The van der Waals surface area contributed by atoms with E-state index < -0.39 is 45.7 Å². The van der Waals surface area contributed by atoms with Crippen molar-refractivity contribution in [3.8, 4) is 0 Å². The molecule has 0 rings (SSSR count). The van der Waals surface area contributed by atoms with Crippen LogP contribution in [0.3, 0.4) is 0 Å². The van der Waals surface area contributed by atoms with Crippen LogP contribution in [0.15, 0.2) is 0 Å². The SMILES string of the molecule is CC[C@H](C)[C@@H](C(=O)O)N(CP(=O)(O)O)CP(=O)(O)O. The third-order valence-electron chi connectivity index (χ3n) is 2.56. The molecule has 0 aliphatic heterocycles. The van der Waals surface area contributed by atoms with Crippen LogP contribution in [0.4, 0.5) is 0 Å². The van der Waals surface area contributed by atoms with Gasteiger partial charge in [-0.05, 0) is 5.92 Å². The Morgan fingerprint density at radius 2 is 1.47 bits per heavy atom. The molecule has 9 nitrogen and oxygen atoms in total. The van der Waals surface area contributed by atoms with Crippen LogP contribution in [0, 0.1) is 5.92 Å². The maximum absolute atomic E-state index is 11.2. The quantitative estimate of drug-likeness (QED) is 0.390. The minimum atomic E-state index is -4.63. The number of carbonyl (C=O) groups is 1. The van der Waals surface area contributed by atoms with E-state index in [2.05, 4.69) is 0 Å². The summed E-state index contributed by atoms with van der Waals surface area (Å²) in [5, 5.41) is 9.09. The van der Waals surface area contributed by atoms with Crippen molar-refractivity contribution in [1.29, 1.82) is 0 Å². The van der Waals surface area contributed by atoms with E-state index >= 15 is 0 Å². The summed E-state index contributed by atoms with van der Waals surface area (Å²) in [7, 11) is -9.26. The summed E-state index contributed by atoms with van der Waals surface area (Å²) in [6.07, 6.45) is -1.64. The maximum Gasteiger partial charge on any atom is 0.339 e. The molecule has 0 saturated heterocycles. The highest BCUT2D eigenvalue weighted by Crippen LogP contribution is 2.42. The molecule has 2 atom stereocenters. The van der Waals surface area contributed by atoms with Crippen LogP contribution in [0.25, 0.3) is 0 Å². The van der Waals surface area contributed by atoms with Gasteiger partial charge in [0.05, 0.1) is 0 Å². The molecule has 0 saturated carbocycles. The van der Waals surface area contributed by atoms with Crippen LogP contribution < -0.4 is 0 Å². The van der Waals surface area contributed by atoms with Crippen molar-refractivity contribution in [2.45, 2.75) is 26.3 Å². The zero-order valence-corrected chi connectivity index (χ0v) is 12.4. The second kappa shape index (κ2) is 6.95. The molecule has 114 valence electrons. The van der Waals surface area contributed by atoms with Crippen molar-refractivity contribution in [3.05, 3.63) is 0 Å². The number of aliphatic carboxylic acids is 1. The monoisotopic (exact) mass is 319 g/mol. The minimum absolute atomic E-state index is 0.385. The van der Waals surface area contributed by atoms with Gasteiger partial charge in [-0.3, -0.25) is 18.8 Å². The van der Waals surface area contributed by atoms with Gasteiger partial charge in [-0.1, -0.05) is 20.3 Å². The highest BCUT2D eigenvalue weighted by molar-refractivity contribution is 7.52. The Morgan fingerprint density at radius 1 is 1.11 bits per heavy atom. The van der Waals surface area contributed by atoms with Gasteiger partial charge in [0.2, 0.25) is 0 Å². The fourth-order valence-corrected chi connectivity index (χ4v) is 3.33. The van der Waals surface area contributed by atoms with Crippen LogP contribution >= 0.6 is 15.2 Å². The van der Waals surface area contributed by atoms with E-state index in [9.17, 15) is 13.9 Å². The van der Waals surface area contributed by atoms with Crippen molar-refractivity contribution in [2.75, 3.05) is 12.6 Å². The number of carboxylic acid groups (broad SMARTS) is 1. The third-order valence-corrected chi connectivity index (χ3v) is 4.02. The zero-order valence-electron chi connectivity index (χ0n) is 10.6. The Hall–Kier alpha value is -0.270. The molecular weight excluding hydrogens is 300 g/mol. The zero-order chi connectivity index (χ0) is 15.4. The second-order valence-electron chi connectivity index (χ2n) is 4.37. The topological polar surface area (TPSA) is 156 Å². The molecule has 0 amide bonds. The highest BCUT2D eigenvalue weighted by Gasteiger charge is 2.37. The number of rotatable bonds is 8. The average Bonchev–Trinajstić information content (AvgIpc) is 2.11. The predicted molar refractivity (Wildman–Crippen MR) is 66.5 cm³/mol. The molecule has 0 aliphatic rings. The van der Waals surface area contributed by atoms with Crippen molar-refractivity contribution in [3.63, 3.8) is 0 Å². The minimum Gasteiger partial charge on any atom is -0.480 e. The van der Waals surface area contributed by atoms with Crippen LogP contribution in [-0.4, -0.2) is 54.2 Å². The number of hydrogen-bond acceptors (Lipinski definition) is 4. The Bertz CT molecular complexity index is 378. The summed E-state index contributed by atoms with van der Waals surface area (Å²) in [4.78, 5) is 47.4. The van der Waals surface area contributed by atoms with E-state index in [1.54, 1.807) is 6.92 Å². The molecular formula is C8H19NO8P2. The first kappa shape index (κ1) is 18.7. The molecule has 0 bridgehead atoms. The normalized spacial score (nSPS) is 16.4. The van der Waals surface area contributed by atoms with Gasteiger partial charge in [-0.2, -0.15) is 0 Å². The summed E-state index contributed by atoms with van der Waals surface area (Å²) >= 11 is 0. The van der Waals surface area contributed by atoms with Crippen molar-refractivity contribution in [1.82, 2.24) is 4.90 Å². The van der Waals surface area contributed by atoms with E-state index in [-0.39, 0.29) is 0 Å². The first-order valence-corrected chi connectivity index (χ1v) is 9.03. The summed E-state index contributed by atoms with van der Waals surface area (Å²) < 4.78 is 21.9. The lowest BCUT2D eigenvalue weighted by atomic mass is 9.98. The van der Waals surface area contributed by atoms with Crippen molar-refractivity contribution in [2.24, 2.45) is 5.92 Å². The fraction of sp³-hybridized carbons (Fsp3) is 0.875. The van der Waals surface area contributed by atoms with E-state index in [0.29, 0.717) is 11.3 Å². The van der Waals surface area contributed by atoms with Gasteiger partial charge in [0, 0.05) is 0 Å². The number of hydrogen-bond donors (Lipinski definition) is 5. The van der Waals surface area contributed by atoms with Crippen LogP contribution in [0.1, 0.15) is 20.3 Å². The molecule has 0 aromatic carbocycles. The molecule has 0 aromatic rings. The molecule has 0 aromatic heterocycles. The smallest absolute Gasteiger partial charge is 0.339 e. The first-order valence-electron chi connectivity index (χ1n) is 5.43. The van der Waals surface area contributed by atoms with Gasteiger partial charge in [0.1, 0.15) is 18.6 Å². The van der Waals surface area contributed by atoms with Gasteiger partial charge in [-0.15, -0.1) is 0 Å². The standard InChI is InChI=1S/C8H19NO8P2/c1-3-6(2)7(8(10)11)9(4-18(12,13)14)5-19(15,16)17/h6-7H,3-5H2,1-2H3,(H,10,11)(H2,12,13,14)(H2,15,16,17)/t6-,7-/m0/s1. The molecule has 11 heteroatoms. The lowest BCUT2D eigenvalue weighted by molar-refractivity contribution is -0.144. The molecule has 0 unspecified atom stereocenters. The van der Waals surface area contributed by atoms with Crippen LogP contribution in [-0.2, 0) is 13.9 Å². The average molecular weight is 319 g/mol. The maximum atomic E-state index is 11.2. The molecule has 0 radical (unpaired) electrons. The Kier molecular flexibility index (Phi) is 6.85. The van der Waals surface area contributed by atoms with E-state index in [0.717, 1.165) is 0 Å². The predicted octanol–water partition coefficient (Wildman–Crippen LogP) is 0.0581. The van der Waals surface area contributed by atoms with Gasteiger partial charge < -0.3 is 24.7 Å². The number of nitrogens with zero attached hydrogens (tertiary/aromatic N) is 1. The van der Waals surface area contributed by atoms with Gasteiger partial charge >= 0.3 is 21.2 Å². The summed E-state index contributed by atoms with van der Waals surface area (Å²) in [5.41, 5.74) is 0. The molecule has 0 aliphatic carbocycles. The van der Waals surface area contributed by atoms with Gasteiger partial charge in [-0.25, -0.2) is 0 Å². The van der Waals surface area contributed by atoms with E-state index in [1.807, 2.05) is 0 Å². The molecule has 0 spiro atoms.